The van der Waals surface area contributed by atoms with Crippen LogP contribution in [0.25, 0.3) is 11.0 Å². The molecule has 2 atom stereocenters. The average molecular weight is 461 g/mol. The molecule has 3 aromatic rings. The number of halogens is 2. The van der Waals surface area contributed by atoms with Crippen LogP contribution in [-0.2, 0) is 6.42 Å². The quantitative estimate of drug-likeness (QED) is 0.597. The average Bonchev–Trinajstić information content (AvgIpc) is 2.77. The third kappa shape index (κ3) is 3.96. The van der Waals surface area contributed by atoms with E-state index in [0.29, 0.717) is 18.4 Å². The Morgan fingerprint density at radius 1 is 1.31 bits per heavy atom. The molecule has 1 aromatic carbocycles. The molecule has 0 saturated heterocycles. The molecule has 0 bridgehead atoms. The first-order valence-electron chi connectivity index (χ1n) is 10.3. The van der Waals surface area contributed by atoms with Crippen molar-refractivity contribution < 1.29 is 24.1 Å². The highest BCUT2D eigenvalue weighted by molar-refractivity contribution is 6.30. The first kappa shape index (κ1) is 22.2. The van der Waals surface area contributed by atoms with E-state index >= 15 is 0 Å². The first-order chi connectivity index (χ1) is 15.3. The summed E-state index contributed by atoms with van der Waals surface area (Å²) in [4.78, 5) is 29.3. The minimum atomic E-state index is -1.37. The molecular weight excluding hydrogens is 439 g/mol. The van der Waals surface area contributed by atoms with Crippen molar-refractivity contribution >= 4 is 28.6 Å². The van der Waals surface area contributed by atoms with Gasteiger partial charge in [-0.15, -0.1) is 0 Å². The monoisotopic (exact) mass is 460 g/mol. The normalized spacial score (nSPS) is 18.6. The summed E-state index contributed by atoms with van der Waals surface area (Å²) in [6.45, 7) is 0. The lowest BCUT2D eigenvalue weighted by Gasteiger charge is -2.31. The number of carboxylic acids is 1. The van der Waals surface area contributed by atoms with Crippen LogP contribution in [-0.4, -0.2) is 38.9 Å². The zero-order chi connectivity index (χ0) is 23.0. The molecule has 1 aliphatic rings. The summed E-state index contributed by atoms with van der Waals surface area (Å²) in [5, 5.41) is 20.2. The van der Waals surface area contributed by atoms with Gasteiger partial charge in [0.05, 0.1) is 29.7 Å². The fourth-order valence-electron chi connectivity index (χ4n) is 4.31. The summed E-state index contributed by atoms with van der Waals surface area (Å²) >= 11 is 5.89. The number of nitrogens with zero attached hydrogens (tertiary/aromatic N) is 2. The Balaban J connectivity index is 1.95. The van der Waals surface area contributed by atoms with Crippen molar-refractivity contribution in [2.45, 2.75) is 44.2 Å². The Kier molecular flexibility index (Phi) is 6.17. The Bertz CT molecular complexity index is 1260. The van der Waals surface area contributed by atoms with Crippen LogP contribution >= 0.6 is 11.6 Å². The molecular formula is C23H22ClFN2O5. The van der Waals surface area contributed by atoms with E-state index < -0.39 is 34.9 Å². The van der Waals surface area contributed by atoms with Crippen molar-refractivity contribution in [2.24, 2.45) is 0 Å². The minimum absolute atomic E-state index is 0.0305. The standard InChI is InChI=1S/C23H22ClFN2O5/c1-32-22-13(9-12-5-4-6-16(24)19(12)25)10-14-20(29)15(23(30)31)11-27(21(14)26-22)17-7-2-3-8-18(17)28/h4-6,10-11,17-18,28H,2-3,7-9H2,1H3,(H,30,31)/t17-,18-/m0/s1. The molecule has 4 rings (SSSR count). The molecule has 0 unspecified atom stereocenters. The maximum Gasteiger partial charge on any atom is 0.341 e. The molecule has 0 radical (unpaired) electrons. The molecule has 0 amide bonds. The molecule has 2 N–H and O–H groups in total. The Labute approximate surface area is 188 Å². The number of benzene rings is 1. The van der Waals surface area contributed by atoms with Gasteiger partial charge in [0.2, 0.25) is 11.3 Å². The Morgan fingerprint density at radius 2 is 2.06 bits per heavy atom. The van der Waals surface area contributed by atoms with Crippen LogP contribution in [0, 0.1) is 5.82 Å². The molecule has 9 heteroatoms. The van der Waals surface area contributed by atoms with Crippen molar-refractivity contribution in [3.05, 3.63) is 68.2 Å². The predicted molar refractivity (Wildman–Crippen MR) is 117 cm³/mol. The number of carbonyl (C=O) groups is 1. The van der Waals surface area contributed by atoms with E-state index in [-0.39, 0.29) is 33.9 Å². The number of rotatable bonds is 5. The Hall–Kier alpha value is -2.97. The smallest absolute Gasteiger partial charge is 0.341 e. The fraction of sp³-hybridized carbons (Fsp3) is 0.348. The number of aliphatic hydroxyl groups is 1. The van der Waals surface area contributed by atoms with Gasteiger partial charge in [0.25, 0.3) is 0 Å². The number of pyridine rings is 2. The lowest BCUT2D eigenvalue weighted by Crippen LogP contribution is -2.30. The number of aromatic nitrogens is 2. The maximum absolute atomic E-state index is 14.5. The number of aliphatic hydroxyl groups excluding tert-OH is 1. The van der Waals surface area contributed by atoms with Crippen molar-refractivity contribution in [3.63, 3.8) is 0 Å². The molecule has 1 fully saturated rings. The number of methoxy groups -OCH3 is 1. The Morgan fingerprint density at radius 3 is 2.75 bits per heavy atom. The molecule has 7 nitrogen and oxygen atoms in total. The number of hydrogen-bond acceptors (Lipinski definition) is 5. The van der Waals surface area contributed by atoms with Gasteiger partial charge >= 0.3 is 5.97 Å². The van der Waals surface area contributed by atoms with Crippen LogP contribution in [0.1, 0.15) is 53.2 Å². The van der Waals surface area contributed by atoms with Gasteiger partial charge in [-0.3, -0.25) is 4.79 Å². The van der Waals surface area contributed by atoms with E-state index in [9.17, 15) is 24.2 Å². The fourth-order valence-corrected chi connectivity index (χ4v) is 4.51. The van der Waals surface area contributed by atoms with E-state index in [0.717, 1.165) is 12.8 Å². The van der Waals surface area contributed by atoms with E-state index in [1.165, 1.54) is 25.4 Å². The molecule has 2 heterocycles. The highest BCUT2D eigenvalue weighted by atomic mass is 35.5. The lowest BCUT2D eigenvalue weighted by atomic mass is 9.92. The highest BCUT2D eigenvalue weighted by Gasteiger charge is 2.28. The summed E-state index contributed by atoms with van der Waals surface area (Å²) < 4.78 is 21.5. The predicted octanol–water partition coefficient (Wildman–Crippen LogP) is 3.96. The zero-order valence-electron chi connectivity index (χ0n) is 17.3. The van der Waals surface area contributed by atoms with Gasteiger partial charge < -0.3 is 19.5 Å². The van der Waals surface area contributed by atoms with Gasteiger partial charge in [-0.2, -0.15) is 4.98 Å². The summed E-state index contributed by atoms with van der Waals surface area (Å²) in [5.41, 5.74) is -0.192. The number of ether oxygens (including phenoxy) is 1. The number of carboxylic acid groups (broad SMARTS) is 1. The van der Waals surface area contributed by atoms with Crippen molar-refractivity contribution in [2.75, 3.05) is 7.11 Å². The summed E-state index contributed by atoms with van der Waals surface area (Å²) in [5.74, 6) is -1.77. The molecule has 32 heavy (non-hydrogen) atoms. The highest BCUT2D eigenvalue weighted by Crippen LogP contribution is 2.33. The van der Waals surface area contributed by atoms with E-state index in [4.69, 9.17) is 16.3 Å². The van der Waals surface area contributed by atoms with Crippen LogP contribution in [0.5, 0.6) is 5.88 Å². The van der Waals surface area contributed by atoms with E-state index in [1.54, 1.807) is 16.7 Å². The second-order valence-corrected chi connectivity index (χ2v) is 8.33. The molecule has 0 spiro atoms. The number of hydrogen-bond donors (Lipinski definition) is 2. The van der Waals surface area contributed by atoms with Crippen LogP contribution < -0.4 is 10.2 Å². The SMILES string of the molecule is COc1nc2c(cc1Cc1cccc(Cl)c1F)c(=O)c(C(=O)O)cn2[C@H]1CCCC[C@@H]1O. The van der Waals surface area contributed by atoms with Crippen LogP contribution in [0.15, 0.2) is 35.3 Å². The summed E-state index contributed by atoms with van der Waals surface area (Å²) in [7, 11) is 1.41. The molecule has 2 aromatic heterocycles. The molecule has 1 saturated carbocycles. The number of fused-ring (bicyclic) bond motifs is 1. The van der Waals surface area contributed by atoms with Crippen molar-refractivity contribution in [3.8, 4) is 5.88 Å². The lowest BCUT2D eigenvalue weighted by molar-refractivity contribution is 0.0681. The molecule has 0 aliphatic heterocycles. The van der Waals surface area contributed by atoms with Gasteiger partial charge in [0.15, 0.2) is 0 Å². The third-order valence-electron chi connectivity index (χ3n) is 5.93. The van der Waals surface area contributed by atoms with Gasteiger partial charge in [-0.1, -0.05) is 36.6 Å². The topological polar surface area (TPSA) is 102 Å². The number of aromatic carboxylic acids is 1. The second-order valence-electron chi connectivity index (χ2n) is 7.92. The zero-order valence-corrected chi connectivity index (χ0v) is 18.1. The van der Waals surface area contributed by atoms with Crippen molar-refractivity contribution in [1.82, 2.24) is 9.55 Å². The second kappa shape index (κ2) is 8.88. The van der Waals surface area contributed by atoms with Crippen LogP contribution in [0.4, 0.5) is 4.39 Å². The largest absolute Gasteiger partial charge is 0.481 e. The van der Waals surface area contributed by atoms with E-state index in [2.05, 4.69) is 4.98 Å². The van der Waals surface area contributed by atoms with Gasteiger partial charge in [0, 0.05) is 18.2 Å². The first-order valence-corrected chi connectivity index (χ1v) is 10.7. The van der Waals surface area contributed by atoms with Gasteiger partial charge in [-0.05, 0) is 30.5 Å². The van der Waals surface area contributed by atoms with E-state index in [1.807, 2.05) is 0 Å². The molecule has 1 aliphatic carbocycles. The third-order valence-corrected chi connectivity index (χ3v) is 6.22. The van der Waals surface area contributed by atoms with Crippen molar-refractivity contribution in [1.29, 1.82) is 0 Å². The summed E-state index contributed by atoms with van der Waals surface area (Å²) in [6.07, 6.45) is 3.52. The summed E-state index contributed by atoms with van der Waals surface area (Å²) in [6, 6.07) is 5.68. The molecule has 168 valence electrons. The minimum Gasteiger partial charge on any atom is -0.481 e. The van der Waals surface area contributed by atoms with Crippen LogP contribution in [0.2, 0.25) is 5.02 Å². The van der Waals surface area contributed by atoms with Gasteiger partial charge in [0.1, 0.15) is 17.0 Å². The van der Waals surface area contributed by atoms with Gasteiger partial charge in [-0.25, -0.2) is 9.18 Å². The maximum atomic E-state index is 14.5. The van der Waals surface area contributed by atoms with Crippen LogP contribution in [0.3, 0.4) is 0 Å².